The van der Waals surface area contributed by atoms with Crippen LogP contribution in [-0.4, -0.2) is 68.6 Å². The summed E-state index contributed by atoms with van der Waals surface area (Å²) in [5, 5.41) is 0. The van der Waals surface area contributed by atoms with Crippen LogP contribution in [0.2, 0.25) is 0 Å². The predicted octanol–water partition coefficient (Wildman–Crippen LogP) is 2.38. The van der Waals surface area contributed by atoms with E-state index in [-0.39, 0.29) is 0 Å². The minimum absolute atomic E-state index is 0.300. The Kier molecular flexibility index (Phi) is 6.38. The third-order valence-corrected chi connectivity index (χ3v) is 7.52. The number of aromatic nitrogens is 2. The second-order valence-electron chi connectivity index (χ2n) is 7.56. The van der Waals surface area contributed by atoms with Crippen molar-refractivity contribution >= 4 is 21.8 Å². The van der Waals surface area contributed by atoms with Crippen LogP contribution in [0.1, 0.15) is 26.2 Å². The van der Waals surface area contributed by atoms with Gasteiger partial charge in [0.1, 0.15) is 11.6 Å². The predicted molar refractivity (Wildman–Crippen MR) is 117 cm³/mol. The van der Waals surface area contributed by atoms with Crippen molar-refractivity contribution in [3.8, 4) is 5.75 Å². The third-order valence-electron chi connectivity index (χ3n) is 5.60. The summed E-state index contributed by atoms with van der Waals surface area (Å²) in [6.07, 6.45) is 5.42. The highest BCUT2D eigenvalue weighted by Crippen LogP contribution is 2.23. The zero-order chi connectivity index (χ0) is 21.0. The van der Waals surface area contributed by atoms with E-state index >= 15 is 0 Å². The zero-order valence-electron chi connectivity index (χ0n) is 17.4. The number of nitrogens with zero attached hydrogens (tertiary/aromatic N) is 5. The lowest BCUT2D eigenvalue weighted by molar-refractivity contribution is 0.340. The van der Waals surface area contributed by atoms with Crippen LogP contribution in [0, 0.1) is 0 Å². The average Bonchev–Trinajstić information content (AvgIpc) is 2.80. The van der Waals surface area contributed by atoms with Crippen LogP contribution in [0.4, 0.5) is 11.8 Å². The van der Waals surface area contributed by atoms with Crippen molar-refractivity contribution in [1.29, 1.82) is 0 Å². The first-order chi connectivity index (χ1) is 14.6. The Balaban J connectivity index is 1.41. The smallest absolute Gasteiger partial charge is 0.243 e. The Bertz CT molecular complexity index is 937. The number of ether oxygens (including phenoxy) is 1. The molecule has 1 aromatic heterocycles. The van der Waals surface area contributed by atoms with Gasteiger partial charge in [0.25, 0.3) is 0 Å². The number of piperidine rings is 1. The normalized spacial score (nSPS) is 18.4. The molecule has 3 heterocycles. The fraction of sp³-hybridized carbons (Fsp3) is 0.524. The highest BCUT2D eigenvalue weighted by atomic mass is 32.2. The fourth-order valence-corrected chi connectivity index (χ4v) is 5.36. The van der Waals surface area contributed by atoms with Crippen LogP contribution in [0.15, 0.2) is 41.4 Å². The summed E-state index contributed by atoms with van der Waals surface area (Å²) in [7, 11) is -3.51. The maximum atomic E-state index is 13.0. The van der Waals surface area contributed by atoms with E-state index in [4.69, 9.17) is 9.72 Å². The molecule has 0 radical (unpaired) electrons. The molecule has 2 aromatic rings. The van der Waals surface area contributed by atoms with Gasteiger partial charge in [-0.1, -0.05) is 0 Å². The van der Waals surface area contributed by atoms with E-state index in [0.717, 1.165) is 24.9 Å². The lowest BCUT2D eigenvalue weighted by Crippen LogP contribution is -2.49. The molecule has 0 atom stereocenters. The van der Waals surface area contributed by atoms with E-state index in [2.05, 4.69) is 14.8 Å². The van der Waals surface area contributed by atoms with E-state index in [1.165, 1.54) is 19.3 Å². The molecule has 162 valence electrons. The third kappa shape index (κ3) is 4.52. The van der Waals surface area contributed by atoms with Gasteiger partial charge in [-0.05, 0) is 56.5 Å². The molecule has 0 bridgehead atoms. The molecule has 8 nitrogen and oxygen atoms in total. The maximum Gasteiger partial charge on any atom is 0.243 e. The monoisotopic (exact) mass is 431 g/mol. The van der Waals surface area contributed by atoms with Gasteiger partial charge in [-0.25, -0.2) is 13.4 Å². The minimum Gasteiger partial charge on any atom is -0.494 e. The highest BCUT2D eigenvalue weighted by molar-refractivity contribution is 7.89. The first kappa shape index (κ1) is 20.9. The molecule has 0 unspecified atom stereocenters. The molecular formula is C21H29N5O3S. The molecule has 4 rings (SSSR count). The van der Waals surface area contributed by atoms with Gasteiger partial charge in [0.2, 0.25) is 16.0 Å². The van der Waals surface area contributed by atoms with Crippen molar-refractivity contribution < 1.29 is 13.2 Å². The van der Waals surface area contributed by atoms with Gasteiger partial charge in [0.05, 0.1) is 11.5 Å². The number of piperazine rings is 1. The molecule has 2 saturated heterocycles. The number of benzene rings is 1. The van der Waals surface area contributed by atoms with E-state index in [1.54, 1.807) is 34.8 Å². The van der Waals surface area contributed by atoms with Gasteiger partial charge < -0.3 is 14.5 Å². The number of sulfonamides is 1. The summed E-state index contributed by atoms with van der Waals surface area (Å²) in [5.41, 5.74) is 0. The van der Waals surface area contributed by atoms with Gasteiger partial charge in [-0.3, -0.25) is 0 Å². The summed E-state index contributed by atoms with van der Waals surface area (Å²) in [6, 6.07) is 8.54. The van der Waals surface area contributed by atoms with E-state index in [0.29, 0.717) is 43.4 Å². The molecule has 0 aliphatic carbocycles. The van der Waals surface area contributed by atoms with Crippen molar-refractivity contribution in [2.75, 3.05) is 55.7 Å². The van der Waals surface area contributed by atoms with Crippen LogP contribution < -0.4 is 14.5 Å². The first-order valence-electron chi connectivity index (χ1n) is 10.6. The average molecular weight is 432 g/mol. The van der Waals surface area contributed by atoms with Crippen molar-refractivity contribution in [3.05, 3.63) is 36.5 Å². The van der Waals surface area contributed by atoms with Crippen molar-refractivity contribution in [2.45, 2.75) is 31.1 Å². The molecule has 2 aliphatic heterocycles. The summed E-state index contributed by atoms with van der Waals surface area (Å²) >= 11 is 0. The molecule has 0 saturated carbocycles. The number of hydrogen-bond acceptors (Lipinski definition) is 7. The molecule has 9 heteroatoms. The van der Waals surface area contributed by atoms with Crippen LogP contribution >= 0.6 is 0 Å². The Morgan fingerprint density at radius 2 is 1.60 bits per heavy atom. The topological polar surface area (TPSA) is 78.9 Å². The Morgan fingerprint density at radius 1 is 0.900 bits per heavy atom. The largest absolute Gasteiger partial charge is 0.494 e. The molecule has 0 amide bonds. The minimum atomic E-state index is -3.51. The quantitative estimate of drug-likeness (QED) is 0.695. The van der Waals surface area contributed by atoms with Gasteiger partial charge >= 0.3 is 0 Å². The molecule has 1 aromatic carbocycles. The van der Waals surface area contributed by atoms with Gasteiger partial charge in [-0.2, -0.15) is 9.29 Å². The van der Waals surface area contributed by atoms with Crippen LogP contribution in [0.25, 0.3) is 0 Å². The lowest BCUT2D eigenvalue weighted by atomic mass is 10.1. The van der Waals surface area contributed by atoms with Crippen molar-refractivity contribution in [3.63, 3.8) is 0 Å². The van der Waals surface area contributed by atoms with E-state index < -0.39 is 10.0 Å². The second-order valence-corrected chi connectivity index (χ2v) is 9.50. The van der Waals surface area contributed by atoms with Crippen molar-refractivity contribution in [2.24, 2.45) is 0 Å². The van der Waals surface area contributed by atoms with Crippen LogP contribution in [0.5, 0.6) is 5.75 Å². The fourth-order valence-electron chi connectivity index (χ4n) is 3.94. The molecular weight excluding hydrogens is 402 g/mol. The Labute approximate surface area is 178 Å². The highest BCUT2D eigenvalue weighted by Gasteiger charge is 2.29. The Morgan fingerprint density at radius 3 is 2.27 bits per heavy atom. The van der Waals surface area contributed by atoms with Gasteiger partial charge in [0.15, 0.2) is 0 Å². The summed E-state index contributed by atoms with van der Waals surface area (Å²) in [6.45, 7) is 6.51. The molecule has 0 spiro atoms. The number of anilines is 2. The standard InChI is InChI=1S/C21H29N5O3S/c1-2-29-18-6-8-19(9-7-18)30(27,28)26-16-14-24(15-17-26)20-10-11-22-21(23-20)25-12-4-3-5-13-25/h6-11H,2-5,12-17H2,1H3. The summed E-state index contributed by atoms with van der Waals surface area (Å²) < 4.78 is 32.9. The van der Waals surface area contributed by atoms with Crippen LogP contribution in [0.3, 0.4) is 0 Å². The number of rotatable bonds is 6. The molecule has 0 N–H and O–H groups in total. The van der Waals surface area contributed by atoms with Gasteiger partial charge in [0, 0.05) is 45.5 Å². The van der Waals surface area contributed by atoms with Crippen molar-refractivity contribution in [1.82, 2.24) is 14.3 Å². The first-order valence-corrected chi connectivity index (χ1v) is 12.1. The van der Waals surface area contributed by atoms with Gasteiger partial charge in [-0.15, -0.1) is 0 Å². The summed E-state index contributed by atoms with van der Waals surface area (Å²) in [4.78, 5) is 13.9. The number of hydrogen-bond donors (Lipinski definition) is 0. The van der Waals surface area contributed by atoms with Crippen LogP contribution in [-0.2, 0) is 10.0 Å². The molecule has 2 fully saturated rings. The zero-order valence-corrected chi connectivity index (χ0v) is 18.2. The molecule has 30 heavy (non-hydrogen) atoms. The van der Waals surface area contributed by atoms with E-state index in [1.807, 2.05) is 13.0 Å². The Hall–Kier alpha value is -2.39. The lowest BCUT2D eigenvalue weighted by Gasteiger charge is -2.35. The SMILES string of the molecule is CCOc1ccc(S(=O)(=O)N2CCN(c3ccnc(N4CCCCC4)n3)CC2)cc1. The maximum absolute atomic E-state index is 13.0. The second kappa shape index (κ2) is 9.18. The summed E-state index contributed by atoms with van der Waals surface area (Å²) in [5.74, 6) is 2.31. The van der Waals surface area contributed by atoms with E-state index in [9.17, 15) is 8.42 Å². The molecule has 2 aliphatic rings.